The Bertz CT molecular complexity index is 359. The SMILES string of the molecule is CCCCCCCCCCC(C)CCCCCCCCCCCCCCCCCC(C)CCCC. The zero-order valence-corrected chi connectivity index (χ0v) is 25.7. The minimum atomic E-state index is 0.966. The molecule has 0 heterocycles. The van der Waals surface area contributed by atoms with E-state index < -0.39 is 0 Å². The molecule has 2 atom stereocenters. The van der Waals surface area contributed by atoms with Gasteiger partial charge in [-0.1, -0.05) is 214 Å². The van der Waals surface area contributed by atoms with Crippen molar-refractivity contribution in [3.8, 4) is 0 Å². The van der Waals surface area contributed by atoms with Crippen LogP contribution in [0.25, 0.3) is 0 Å². The molecule has 0 spiro atoms. The Morgan fingerprint density at radius 2 is 0.457 bits per heavy atom. The summed E-state index contributed by atoms with van der Waals surface area (Å²) in [6.45, 7) is 9.57. The highest BCUT2D eigenvalue weighted by Gasteiger charge is 2.03. The van der Waals surface area contributed by atoms with Crippen molar-refractivity contribution in [3.05, 3.63) is 0 Å². The van der Waals surface area contributed by atoms with Crippen molar-refractivity contribution in [1.29, 1.82) is 0 Å². The molecule has 212 valence electrons. The Hall–Kier alpha value is 0. The lowest BCUT2D eigenvalue weighted by molar-refractivity contribution is 0.430. The van der Waals surface area contributed by atoms with Crippen molar-refractivity contribution in [1.82, 2.24) is 0 Å². The van der Waals surface area contributed by atoms with E-state index >= 15 is 0 Å². The van der Waals surface area contributed by atoms with Crippen LogP contribution in [0.15, 0.2) is 0 Å². The topological polar surface area (TPSA) is 0 Å². The number of hydrogen-bond acceptors (Lipinski definition) is 0. The quantitative estimate of drug-likeness (QED) is 0.0874. The molecule has 0 aliphatic rings. The zero-order valence-electron chi connectivity index (χ0n) is 25.7. The van der Waals surface area contributed by atoms with Crippen molar-refractivity contribution < 1.29 is 0 Å². The molecule has 0 bridgehead atoms. The third-order valence-corrected chi connectivity index (χ3v) is 8.49. The van der Waals surface area contributed by atoms with Crippen molar-refractivity contribution in [3.63, 3.8) is 0 Å². The van der Waals surface area contributed by atoms with Gasteiger partial charge in [0.25, 0.3) is 0 Å². The Morgan fingerprint density at radius 3 is 0.714 bits per heavy atom. The largest absolute Gasteiger partial charge is 0.0654 e. The molecule has 35 heavy (non-hydrogen) atoms. The van der Waals surface area contributed by atoms with E-state index in [0.29, 0.717) is 0 Å². The maximum absolute atomic E-state index is 2.50. The summed E-state index contributed by atoms with van der Waals surface area (Å²) in [5.41, 5.74) is 0. The third kappa shape index (κ3) is 30.1. The molecule has 0 amide bonds. The average molecular weight is 493 g/mol. The van der Waals surface area contributed by atoms with Gasteiger partial charge in [-0.3, -0.25) is 0 Å². The van der Waals surface area contributed by atoms with Gasteiger partial charge in [-0.2, -0.15) is 0 Å². The second-order valence-electron chi connectivity index (χ2n) is 12.5. The van der Waals surface area contributed by atoms with Gasteiger partial charge in [0.15, 0.2) is 0 Å². The molecule has 0 aromatic rings. The van der Waals surface area contributed by atoms with E-state index in [2.05, 4.69) is 27.7 Å². The fourth-order valence-electron chi connectivity index (χ4n) is 5.75. The van der Waals surface area contributed by atoms with Crippen LogP contribution in [-0.2, 0) is 0 Å². The first kappa shape index (κ1) is 35.0. The van der Waals surface area contributed by atoms with Gasteiger partial charge in [-0.15, -0.1) is 0 Å². The second-order valence-corrected chi connectivity index (χ2v) is 12.5. The maximum Gasteiger partial charge on any atom is -0.0443 e. The van der Waals surface area contributed by atoms with Crippen LogP contribution in [0.2, 0.25) is 0 Å². The molecular weight excluding hydrogens is 420 g/mol. The first-order chi connectivity index (χ1) is 17.2. The van der Waals surface area contributed by atoms with E-state index in [1.807, 2.05) is 0 Å². The molecule has 0 nitrogen and oxygen atoms in total. The smallest absolute Gasteiger partial charge is 0.0443 e. The van der Waals surface area contributed by atoms with Gasteiger partial charge in [0.1, 0.15) is 0 Å². The first-order valence-electron chi connectivity index (χ1n) is 17.2. The van der Waals surface area contributed by atoms with Crippen LogP contribution in [0, 0.1) is 11.8 Å². The lowest BCUT2D eigenvalue weighted by Gasteiger charge is -2.11. The van der Waals surface area contributed by atoms with Gasteiger partial charge in [0.2, 0.25) is 0 Å². The van der Waals surface area contributed by atoms with Crippen molar-refractivity contribution in [2.75, 3.05) is 0 Å². The summed E-state index contributed by atoms with van der Waals surface area (Å²) in [7, 11) is 0. The molecular formula is C35H72. The van der Waals surface area contributed by atoms with Gasteiger partial charge in [-0.25, -0.2) is 0 Å². The van der Waals surface area contributed by atoms with Crippen LogP contribution in [0.3, 0.4) is 0 Å². The lowest BCUT2D eigenvalue weighted by atomic mass is 9.95. The van der Waals surface area contributed by atoms with E-state index in [-0.39, 0.29) is 0 Å². The van der Waals surface area contributed by atoms with E-state index in [9.17, 15) is 0 Å². The summed E-state index contributed by atoms with van der Waals surface area (Å²) in [4.78, 5) is 0. The highest BCUT2D eigenvalue weighted by atomic mass is 14.1. The van der Waals surface area contributed by atoms with E-state index in [4.69, 9.17) is 0 Å². The molecule has 0 heteroatoms. The number of rotatable bonds is 30. The zero-order chi connectivity index (χ0) is 25.7. The molecule has 0 aromatic carbocycles. The average Bonchev–Trinajstić information content (AvgIpc) is 2.86. The molecule has 0 aliphatic heterocycles. The molecule has 0 rings (SSSR count). The van der Waals surface area contributed by atoms with Crippen LogP contribution in [0.1, 0.15) is 214 Å². The molecule has 2 unspecified atom stereocenters. The predicted octanol–water partition coefficient (Wildman–Crippen LogP) is 13.6. The van der Waals surface area contributed by atoms with Crippen LogP contribution in [-0.4, -0.2) is 0 Å². The van der Waals surface area contributed by atoms with Gasteiger partial charge >= 0.3 is 0 Å². The minimum absolute atomic E-state index is 0.966. The Morgan fingerprint density at radius 1 is 0.257 bits per heavy atom. The van der Waals surface area contributed by atoms with Crippen LogP contribution >= 0.6 is 0 Å². The van der Waals surface area contributed by atoms with Crippen LogP contribution in [0.5, 0.6) is 0 Å². The van der Waals surface area contributed by atoms with E-state index in [1.54, 1.807) is 0 Å². The fourth-order valence-corrected chi connectivity index (χ4v) is 5.75. The van der Waals surface area contributed by atoms with Gasteiger partial charge in [0.05, 0.1) is 0 Å². The third-order valence-electron chi connectivity index (χ3n) is 8.49. The lowest BCUT2D eigenvalue weighted by Crippen LogP contribution is -1.95. The van der Waals surface area contributed by atoms with Gasteiger partial charge < -0.3 is 0 Å². The summed E-state index contributed by atoms with van der Waals surface area (Å²) in [5, 5.41) is 0. The summed E-state index contributed by atoms with van der Waals surface area (Å²) < 4.78 is 0. The molecule has 0 fully saturated rings. The normalized spacial score (nSPS) is 13.4. The minimum Gasteiger partial charge on any atom is -0.0654 e. The highest BCUT2D eigenvalue weighted by Crippen LogP contribution is 2.20. The predicted molar refractivity (Wildman–Crippen MR) is 164 cm³/mol. The fraction of sp³-hybridized carbons (Fsp3) is 1.00. The molecule has 0 saturated heterocycles. The van der Waals surface area contributed by atoms with Crippen LogP contribution in [0.4, 0.5) is 0 Å². The monoisotopic (exact) mass is 493 g/mol. The van der Waals surface area contributed by atoms with Crippen molar-refractivity contribution in [2.24, 2.45) is 11.8 Å². The highest BCUT2D eigenvalue weighted by molar-refractivity contribution is 4.57. The summed E-state index contributed by atoms with van der Waals surface area (Å²) in [5.74, 6) is 1.93. The second kappa shape index (κ2) is 30.2. The summed E-state index contributed by atoms with van der Waals surface area (Å²) in [6, 6.07) is 0. The number of hydrogen-bond donors (Lipinski definition) is 0. The van der Waals surface area contributed by atoms with Gasteiger partial charge in [0, 0.05) is 0 Å². The standard InChI is InChI=1S/C35H72/c1-5-7-9-10-11-21-24-28-32-35(4)33-29-26-23-20-18-16-14-12-13-15-17-19-22-25-27-31-34(3)30-8-6-2/h34-35H,5-33H2,1-4H3. The first-order valence-corrected chi connectivity index (χ1v) is 17.2. The molecule has 0 radical (unpaired) electrons. The summed E-state index contributed by atoms with van der Waals surface area (Å²) >= 11 is 0. The van der Waals surface area contributed by atoms with Crippen molar-refractivity contribution >= 4 is 0 Å². The Balaban J connectivity index is 3.15. The molecule has 0 saturated carbocycles. The number of unbranched alkanes of at least 4 members (excludes halogenated alkanes) is 22. The van der Waals surface area contributed by atoms with E-state index in [0.717, 1.165) is 11.8 Å². The Kier molecular flexibility index (Phi) is 30.2. The van der Waals surface area contributed by atoms with Gasteiger partial charge in [-0.05, 0) is 11.8 Å². The molecule has 0 N–H and O–H groups in total. The maximum atomic E-state index is 2.50. The molecule has 0 aromatic heterocycles. The van der Waals surface area contributed by atoms with Crippen LogP contribution < -0.4 is 0 Å². The van der Waals surface area contributed by atoms with E-state index in [1.165, 1.54) is 186 Å². The summed E-state index contributed by atoms with van der Waals surface area (Å²) in [6.07, 6.45) is 42.7. The van der Waals surface area contributed by atoms with Crippen molar-refractivity contribution in [2.45, 2.75) is 214 Å². The molecule has 0 aliphatic carbocycles. The Labute approximate surface area is 225 Å².